The highest BCUT2D eigenvalue weighted by molar-refractivity contribution is 5.85. The van der Waals surface area contributed by atoms with E-state index in [1.54, 1.807) is 0 Å². The van der Waals surface area contributed by atoms with Crippen molar-refractivity contribution in [2.45, 2.75) is 12.3 Å². The summed E-state index contributed by atoms with van der Waals surface area (Å²) in [5.74, 6) is -3.73. The van der Waals surface area contributed by atoms with Crippen LogP contribution in [0.2, 0.25) is 0 Å². The third kappa shape index (κ3) is 4.01. The van der Waals surface area contributed by atoms with Crippen molar-refractivity contribution >= 4 is 5.97 Å². The summed E-state index contributed by atoms with van der Waals surface area (Å²) < 4.78 is 26.9. The molecule has 0 aromatic heterocycles. The molecule has 0 heterocycles. The van der Waals surface area contributed by atoms with Crippen molar-refractivity contribution in [1.82, 2.24) is 10.8 Å². The van der Waals surface area contributed by atoms with Gasteiger partial charge in [-0.3, -0.25) is 0 Å². The number of halogens is 2. The Morgan fingerprint density at radius 2 is 2.15 bits per heavy atom. The number of hydroxylamine groups is 1. The van der Waals surface area contributed by atoms with Crippen LogP contribution in [0.4, 0.5) is 8.78 Å². The molecule has 1 atom stereocenters. The summed E-state index contributed by atoms with van der Waals surface area (Å²) in [6.07, 6.45) is 1.48. The molecule has 1 aromatic rings. The van der Waals surface area contributed by atoms with E-state index in [2.05, 4.69) is 5.32 Å². The molecule has 0 bridgehead atoms. The van der Waals surface area contributed by atoms with E-state index in [0.717, 1.165) is 6.07 Å². The zero-order valence-corrected chi connectivity index (χ0v) is 10.9. The summed E-state index contributed by atoms with van der Waals surface area (Å²) in [7, 11) is 1.45. The highest BCUT2D eigenvalue weighted by atomic mass is 19.2. The molecule has 7 heteroatoms. The fraction of sp³-hybridized carbons (Fsp3) is 0.308. The number of allylic oxidation sites excluding steroid dienone is 1. The largest absolute Gasteiger partial charge is 0.477 e. The Hall–Kier alpha value is -1.99. The van der Waals surface area contributed by atoms with E-state index in [0.29, 0.717) is 0 Å². The van der Waals surface area contributed by atoms with Crippen LogP contribution in [0.1, 0.15) is 17.9 Å². The topological polar surface area (TPSA) is 81.6 Å². The van der Waals surface area contributed by atoms with Gasteiger partial charge in [0.1, 0.15) is 5.70 Å². The van der Waals surface area contributed by atoms with Gasteiger partial charge >= 0.3 is 5.97 Å². The average Bonchev–Trinajstić information content (AvgIpc) is 2.41. The number of nitrogens with one attached hydrogen (secondary N) is 2. The number of aliphatic carboxylic acids is 1. The zero-order chi connectivity index (χ0) is 15.1. The minimum absolute atomic E-state index is 0.0342. The van der Waals surface area contributed by atoms with E-state index in [4.69, 9.17) is 10.3 Å². The molecule has 0 fully saturated rings. The molecular formula is C13H16F2N2O3. The standard InChI is InChI=1S/C13H16F2N2O3/c1-16-11(13(18)19)6-5-8(7-17-20)9-3-2-4-10(14)12(9)15/h2-4,6,8,16-17,20H,5,7H2,1H3,(H,18,19)/b11-6-. The molecule has 0 saturated heterocycles. The second-order valence-electron chi connectivity index (χ2n) is 4.11. The normalized spacial score (nSPS) is 13.1. The maximum absolute atomic E-state index is 13.7. The summed E-state index contributed by atoms with van der Waals surface area (Å²) >= 11 is 0. The Balaban J connectivity index is 3.00. The van der Waals surface area contributed by atoms with Crippen molar-refractivity contribution < 1.29 is 23.9 Å². The molecule has 5 nitrogen and oxygen atoms in total. The first-order valence-electron chi connectivity index (χ1n) is 5.93. The zero-order valence-electron chi connectivity index (χ0n) is 10.9. The van der Waals surface area contributed by atoms with E-state index in [1.165, 1.54) is 25.3 Å². The minimum Gasteiger partial charge on any atom is -0.477 e. The van der Waals surface area contributed by atoms with Gasteiger partial charge in [0.25, 0.3) is 0 Å². The maximum Gasteiger partial charge on any atom is 0.351 e. The van der Waals surface area contributed by atoms with Gasteiger partial charge < -0.3 is 15.6 Å². The lowest BCUT2D eigenvalue weighted by molar-refractivity contribution is -0.133. The van der Waals surface area contributed by atoms with Crippen LogP contribution >= 0.6 is 0 Å². The summed E-state index contributed by atoms with van der Waals surface area (Å²) in [6.45, 7) is -0.0342. The molecule has 0 amide bonds. The molecule has 0 spiro atoms. The van der Waals surface area contributed by atoms with Crippen molar-refractivity contribution in [1.29, 1.82) is 0 Å². The fourth-order valence-corrected chi connectivity index (χ4v) is 1.82. The molecule has 20 heavy (non-hydrogen) atoms. The molecular weight excluding hydrogens is 270 g/mol. The molecule has 1 rings (SSSR count). The molecule has 1 aromatic carbocycles. The lowest BCUT2D eigenvalue weighted by Gasteiger charge is -2.16. The molecule has 110 valence electrons. The summed E-state index contributed by atoms with van der Waals surface area (Å²) in [5.41, 5.74) is 1.92. The van der Waals surface area contributed by atoms with Crippen LogP contribution in [-0.4, -0.2) is 29.9 Å². The molecule has 0 saturated carbocycles. The Morgan fingerprint density at radius 3 is 2.70 bits per heavy atom. The predicted molar refractivity (Wildman–Crippen MR) is 68.3 cm³/mol. The highest BCUT2D eigenvalue weighted by Crippen LogP contribution is 2.24. The van der Waals surface area contributed by atoms with Gasteiger partial charge in [0.2, 0.25) is 0 Å². The third-order valence-corrected chi connectivity index (χ3v) is 2.87. The maximum atomic E-state index is 13.7. The summed E-state index contributed by atoms with van der Waals surface area (Å²) in [6, 6.07) is 3.75. The first-order valence-corrected chi connectivity index (χ1v) is 5.93. The van der Waals surface area contributed by atoms with E-state index in [9.17, 15) is 13.6 Å². The number of hydrogen-bond donors (Lipinski definition) is 4. The lowest BCUT2D eigenvalue weighted by atomic mass is 9.94. The van der Waals surface area contributed by atoms with Gasteiger partial charge in [0.15, 0.2) is 11.6 Å². The van der Waals surface area contributed by atoms with Crippen LogP contribution in [-0.2, 0) is 4.79 Å². The van der Waals surface area contributed by atoms with Crippen molar-refractivity contribution in [3.05, 3.63) is 47.2 Å². The summed E-state index contributed by atoms with van der Waals surface area (Å²) in [4.78, 5) is 10.8. The van der Waals surface area contributed by atoms with Crippen molar-refractivity contribution in [2.75, 3.05) is 13.6 Å². The van der Waals surface area contributed by atoms with Crippen LogP contribution < -0.4 is 10.8 Å². The molecule has 0 aliphatic rings. The number of carboxylic acids is 1. The van der Waals surface area contributed by atoms with Gasteiger partial charge in [-0.2, -0.15) is 0 Å². The number of carboxylic acid groups (broad SMARTS) is 1. The molecule has 4 N–H and O–H groups in total. The van der Waals surface area contributed by atoms with E-state index >= 15 is 0 Å². The fourth-order valence-electron chi connectivity index (χ4n) is 1.82. The Morgan fingerprint density at radius 1 is 1.45 bits per heavy atom. The predicted octanol–water partition coefficient (Wildman–Crippen LogP) is 1.61. The summed E-state index contributed by atoms with van der Waals surface area (Å²) in [5, 5.41) is 20.1. The lowest BCUT2D eigenvalue weighted by Crippen LogP contribution is -2.20. The smallest absolute Gasteiger partial charge is 0.351 e. The number of rotatable bonds is 7. The molecule has 0 radical (unpaired) electrons. The first kappa shape index (κ1) is 16.1. The molecule has 0 aliphatic heterocycles. The van der Waals surface area contributed by atoms with Gasteiger partial charge in [0, 0.05) is 19.5 Å². The van der Waals surface area contributed by atoms with Gasteiger partial charge in [0.05, 0.1) is 0 Å². The highest BCUT2D eigenvalue weighted by Gasteiger charge is 2.18. The van der Waals surface area contributed by atoms with Gasteiger partial charge in [-0.15, -0.1) is 0 Å². The monoisotopic (exact) mass is 286 g/mol. The SMILES string of the molecule is CN/C(=C\CC(CNO)c1cccc(F)c1F)C(=O)O. The number of hydrogen-bond acceptors (Lipinski definition) is 4. The third-order valence-electron chi connectivity index (χ3n) is 2.87. The van der Waals surface area contributed by atoms with Crippen molar-refractivity contribution in [2.24, 2.45) is 0 Å². The van der Waals surface area contributed by atoms with E-state index in [1.807, 2.05) is 5.48 Å². The van der Waals surface area contributed by atoms with Crippen LogP contribution in [0.5, 0.6) is 0 Å². The van der Waals surface area contributed by atoms with Crippen LogP contribution in [0.15, 0.2) is 30.0 Å². The number of carbonyl (C=O) groups is 1. The quantitative estimate of drug-likeness (QED) is 0.452. The minimum atomic E-state index is -1.15. The second-order valence-corrected chi connectivity index (χ2v) is 4.11. The molecule has 1 unspecified atom stereocenters. The first-order chi connectivity index (χ1) is 9.51. The van der Waals surface area contributed by atoms with Gasteiger partial charge in [-0.25, -0.2) is 19.1 Å². The van der Waals surface area contributed by atoms with E-state index < -0.39 is 23.5 Å². The van der Waals surface area contributed by atoms with Crippen LogP contribution in [0, 0.1) is 11.6 Å². The Labute approximate surface area is 114 Å². The number of benzene rings is 1. The second kappa shape index (κ2) is 7.56. The van der Waals surface area contributed by atoms with Gasteiger partial charge in [-0.1, -0.05) is 18.2 Å². The Bertz CT molecular complexity index is 506. The number of likely N-dealkylation sites (N-methyl/N-ethyl adjacent to an activating group) is 1. The average molecular weight is 286 g/mol. The van der Waals surface area contributed by atoms with Gasteiger partial charge in [-0.05, 0) is 18.1 Å². The van der Waals surface area contributed by atoms with Crippen molar-refractivity contribution in [3.8, 4) is 0 Å². The van der Waals surface area contributed by atoms with E-state index in [-0.39, 0.29) is 24.2 Å². The van der Waals surface area contributed by atoms with Crippen LogP contribution in [0.25, 0.3) is 0 Å². The van der Waals surface area contributed by atoms with Crippen LogP contribution in [0.3, 0.4) is 0 Å². The molecule has 0 aliphatic carbocycles. The van der Waals surface area contributed by atoms with Crippen molar-refractivity contribution in [3.63, 3.8) is 0 Å². The Kier molecular flexibility index (Phi) is 6.08.